The van der Waals surface area contributed by atoms with Gasteiger partial charge in [-0.1, -0.05) is 11.6 Å². The van der Waals surface area contributed by atoms with Crippen molar-refractivity contribution in [3.63, 3.8) is 0 Å². The maximum absolute atomic E-state index is 5.89. The van der Waals surface area contributed by atoms with Crippen LogP contribution in [0.15, 0.2) is 30.7 Å². The molecule has 0 radical (unpaired) electrons. The number of aromatic nitrogens is 2. The number of halogens is 1. The number of imidazole rings is 1. The standard InChI is InChI=1S/C11H11ClN2/c1-8-5-10(12)3-4-11(8)14-7-13-6-9(14)2/h3-7H,1-2H3. The highest BCUT2D eigenvalue weighted by atomic mass is 35.5. The number of aryl methyl sites for hydroxylation is 2. The molecule has 0 fully saturated rings. The molecule has 0 unspecified atom stereocenters. The Hall–Kier alpha value is -1.28. The molecule has 0 atom stereocenters. The number of hydrogen-bond donors (Lipinski definition) is 0. The number of rotatable bonds is 1. The van der Waals surface area contributed by atoms with E-state index < -0.39 is 0 Å². The molecule has 1 aromatic heterocycles. The minimum atomic E-state index is 0.768. The molecule has 0 spiro atoms. The lowest BCUT2D eigenvalue weighted by Gasteiger charge is -2.08. The van der Waals surface area contributed by atoms with Crippen molar-refractivity contribution < 1.29 is 0 Å². The van der Waals surface area contributed by atoms with Crippen molar-refractivity contribution in [2.45, 2.75) is 13.8 Å². The van der Waals surface area contributed by atoms with E-state index in [1.165, 1.54) is 0 Å². The van der Waals surface area contributed by atoms with Gasteiger partial charge in [-0.15, -0.1) is 0 Å². The summed E-state index contributed by atoms with van der Waals surface area (Å²) in [4.78, 5) is 4.09. The third kappa shape index (κ3) is 1.53. The van der Waals surface area contributed by atoms with Gasteiger partial charge < -0.3 is 4.57 Å². The van der Waals surface area contributed by atoms with E-state index in [0.29, 0.717) is 0 Å². The van der Waals surface area contributed by atoms with Crippen LogP contribution in [0.5, 0.6) is 0 Å². The highest BCUT2D eigenvalue weighted by Gasteiger charge is 2.03. The van der Waals surface area contributed by atoms with Crippen LogP contribution in [0.2, 0.25) is 5.02 Å². The van der Waals surface area contributed by atoms with Crippen molar-refractivity contribution >= 4 is 11.6 Å². The molecule has 72 valence electrons. The van der Waals surface area contributed by atoms with Crippen LogP contribution in [0, 0.1) is 13.8 Å². The van der Waals surface area contributed by atoms with Gasteiger partial charge in [-0.3, -0.25) is 0 Å². The molecular formula is C11H11ClN2. The highest BCUT2D eigenvalue weighted by molar-refractivity contribution is 6.30. The van der Waals surface area contributed by atoms with Crippen molar-refractivity contribution in [2.24, 2.45) is 0 Å². The fraction of sp³-hybridized carbons (Fsp3) is 0.182. The lowest BCUT2D eigenvalue weighted by Crippen LogP contribution is -1.96. The Labute approximate surface area is 88.2 Å². The fourth-order valence-corrected chi connectivity index (χ4v) is 1.73. The molecule has 2 rings (SSSR count). The van der Waals surface area contributed by atoms with Crippen molar-refractivity contribution in [3.8, 4) is 5.69 Å². The smallest absolute Gasteiger partial charge is 0.0994 e. The van der Waals surface area contributed by atoms with Gasteiger partial charge in [0.2, 0.25) is 0 Å². The molecule has 2 aromatic rings. The fourth-order valence-electron chi connectivity index (χ4n) is 1.50. The van der Waals surface area contributed by atoms with Crippen LogP contribution in [-0.2, 0) is 0 Å². The summed E-state index contributed by atoms with van der Waals surface area (Å²) in [5.41, 5.74) is 3.40. The van der Waals surface area contributed by atoms with Gasteiger partial charge in [0.15, 0.2) is 0 Å². The first-order valence-electron chi connectivity index (χ1n) is 4.44. The van der Waals surface area contributed by atoms with Crippen molar-refractivity contribution in [3.05, 3.63) is 47.0 Å². The molecule has 0 saturated heterocycles. The van der Waals surface area contributed by atoms with Crippen molar-refractivity contribution in [2.75, 3.05) is 0 Å². The molecule has 2 nitrogen and oxygen atoms in total. The minimum Gasteiger partial charge on any atom is -0.303 e. The lowest BCUT2D eigenvalue weighted by molar-refractivity contribution is 0.992. The summed E-state index contributed by atoms with van der Waals surface area (Å²) in [6.45, 7) is 4.07. The molecule has 3 heteroatoms. The minimum absolute atomic E-state index is 0.768. The van der Waals surface area contributed by atoms with E-state index in [1.807, 2.05) is 49.1 Å². The third-order valence-corrected chi connectivity index (χ3v) is 2.48. The molecule has 1 aromatic carbocycles. The number of hydrogen-bond acceptors (Lipinski definition) is 1. The molecule has 0 saturated carbocycles. The van der Waals surface area contributed by atoms with Crippen molar-refractivity contribution in [1.82, 2.24) is 9.55 Å². The van der Waals surface area contributed by atoms with Crippen LogP contribution in [0.3, 0.4) is 0 Å². The Kier molecular flexibility index (Phi) is 2.30. The SMILES string of the molecule is Cc1cc(Cl)ccc1-n1cncc1C. The predicted octanol–water partition coefficient (Wildman–Crippen LogP) is 3.14. The van der Waals surface area contributed by atoms with Crippen LogP contribution < -0.4 is 0 Å². The second-order valence-electron chi connectivity index (χ2n) is 3.34. The zero-order chi connectivity index (χ0) is 10.1. The Bertz CT molecular complexity index is 460. The van der Waals surface area contributed by atoms with Gasteiger partial charge in [-0.25, -0.2) is 4.98 Å². The summed E-state index contributed by atoms with van der Waals surface area (Å²) in [7, 11) is 0. The number of benzene rings is 1. The summed E-state index contributed by atoms with van der Waals surface area (Å²) in [5.74, 6) is 0. The van der Waals surface area contributed by atoms with Crippen LogP contribution in [-0.4, -0.2) is 9.55 Å². The van der Waals surface area contributed by atoms with Gasteiger partial charge in [0.05, 0.1) is 6.33 Å². The highest BCUT2D eigenvalue weighted by Crippen LogP contribution is 2.19. The van der Waals surface area contributed by atoms with Gasteiger partial charge in [0.25, 0.3) is 0 Å². The van der Waals surface area contributed by atoms with E-state index >= 15 is 0 Å². The van der Waals surface area contributed by atoms with Crippen molar-refractivity contribution in [1.29, 1.82) is 0 Å². The topological polar surface area (TPSA) is 17.8 Å². The van der Waals surface area contributed by atoms with E-state index in [2.05, 4.69) is 4.98 Å². The van der Waals surface area contributed by atoms with E-state index in [9.17, 15) is 0 Å². The molecule has 14 heavy (non-hydrogen) atoms. The van der Waals surface area contributed by atoms with Gasteiger partial charge in [0.1, 0.15) is 0 Å². The lowest BCUT2D eigenvalue weighted by atomic mass is 10.2. The summed E-state index contributed by atoms with van der Waals surface area (Å²) in [6, 6.07) is 5.85. The molecule has 0 bridgehead atoms. The molecule has 1 heterocycles. The van der Waals surface area contributed by atoms with Crippen LogP contribution in [0.25, 0.3) is 5.69 Å². The largest absolute Gasteiger partial charge is 0.303 e. The average Bonchev–Trinajstić information content (AvgIpc) is 2.52. The second-order valence-corrected chi connectivity index (χ2v) is 3.77. The van der Waals surface area contributed by atoms with Crippen LogP contribution >= 0.6 is 11.6 Å². The molecule has 0 amide bonds. The van der Waals surface area contributed by atoms with Crippen LogP contribution in [0.4, 0.5) is 0 Å². The second kappa shape index (κ2) is 3.46. The summed E-state index contributed by atoms with van der Waals surface area (Å²) in [5, 5.41) is 0.768. The third-order valence-electron chi connectivity index (χ3n) is 2.24. The number of nitrogens with zero attached hydrogens (tertiary/aromatic N) is 2. The van der Waals surface area contributed by atoms with Gasteiger partial charge >= 0.3 is 0 Å². The summed E-state index contributed by atoms with van der Waals surface area (Å²) >= 11 is 5.89. The zero-order valence-electron chi connectivity index (χ0n) is 8.16. The van der Waals surface area contributed by atoms with E-state index in [4.69, 9.17) is 11.6 Å². The Morgan fingerprint density at radius 3 is 2.64 bits per heavy atom. The molecular weight excluding hydrogens is 196 g/mol. The molecule has 0 aliphatic heterocycles. The van der Waals surface area contributed by atoms with Gasteiger partial charge in [-0.05, 0) is 37.6 Å². The van der Waals surface area contributed by atoms with E-state index in [1.54, 1.807) is 0 Å². The normalized spacial score (nSPS) is 10.5. The van der Waals surface area contributed by atoms with Crippen LogP contribution in [0.1, 0.15) is 11.3 Å². The predicted molar refractivity (Wildman–Crippen MR) is 58.0 cm³/mol. The maximum Gasteiger partial charge on any atom is 0.0994 e. The Balaban J connectivity index is 2.58. The van der Waals surface area contributed by atoms with Gasteiger partial charge in [-0.2, -0.15) is 0 Å². The Morgan fingerprint density at radius 1 is 1.29 bits per heavy atom. The first-order valence-corrected chi connectivity index (χ1v) is 4.82. The zero-order valence-corrected chi connectivity index (χ0v) is 8.92. The molecule has 0 aliphatic rings. The average molecular weight is 207 g/mol. The van der Waals surface area contributed by atoms with Gasteiger partial charge in [0, 0.05) is 22.6 Å². The van der Waals surface area contributed by atoms with E-state index in [-0.39, 0.29) is 0 Å². The quantitative estimate of drug-likeness (QED) is 0.701. The monoisotopic (exact) mass is 206 g/mol. The first-order chi connectivity index (χ1) is 6.68. The Morgan fingerprint density at radius 2 is 2.07 bits per heavy atom. The molecule has 0 N–H and O–H groups in total. The maximum atomic E-state index is 5.89. The summed E-state index contributed by atoms with van der Waals surface area (Å²) in [6.07, 6.45) is 3.65. The molecule has 0 aliphatic carbocycles. The summed E-state index contributed by atoms with van der Waals surface area (Å²) < 4.78 is 2.05. The first kappa shape index (κ1) is 9.28. The van der Waals surface area contributed by atoms with E-state index in [0.717, 1.165) is 22.0 Å².